The average molecular weight is 540 g/mol. The third kappa shape index (κ3) is 3.25. The van der Waals surface area contributed by atoms with Crippen molar-refractivity contribution in [2.45, 2.75) is 63.6 Å². The van der Waals surface area contributed by atoms with Crippen molar-refractivity contribution in [3.8, 4) is 0 Å². The molecule has 0 radical (unpaired) electrons. The van der Waals surface area contributed by atoms with Gasteiger partial charge in [-0.05, 0) is 61.6 Å². The van der Waals surface area contributed by atoms with Crippen LogP contribution in [0.1, 0.15) is 50.5 Å². The number of aliphatic hydroxyl groups is 1. The monoisotopic (exact) mass is 539 g/mol. The van der Waals surface area contributed by atoms with Gasteiger partial charge >= 0.3 is 5.97 Å². The molecule has 0 aliphatic heterocycles. The molecule has 0 spiro atoms. The first-order valence-electron chi connectivity index (χ1n) is 12.2. The number of aliphatic hydroxyl groups excluding tert-OH is 1. The lowest BCUT2D eigenvalue weighted by atomic mass is 9.44. The summed E-state index contributed by atoms with van der Waals surface area (Å²) < 4.78 is 57.0. The molecular formula is C26H28F3NO6S. The van der Waals surface area contributed by atoms with Gasteiger partial charge in [0.2, 0.25) is 5.12 Å². The quantitative estimate of drug-likeness (QED) is 0.564. The van der Waals surface area contributed by atoms with Crippen molar-refractivity contribution in [1.82, 2.24) is 5.16 Å². The van der Waals surface area contributed by atoms with Crippen LogP contribution in [0.5, 0.6) is 0 Å². The van der Waals surface area contributed by atoms with Gasteiger partial charge in [-0.2, -0.15) is 0 Å². The number of ketones is 1. The number of aromatic nitrogens is 1. The molecule has 1 N–H and O–H groups in total. The summed E-state index contributed by atoms with van der Waals surface area (Å²) in [4.78, 5) is 38.6. The van der Waals surface area contributed by atoms with Gasteiger partial charge in [0, 0.05) is 28.7 Å². The van der Waals surface area contributed by atoms with Crippen molar-refractivity contribution < 1.29 is 41.9 Å². The molecule has 37 heavy (non-hydrogen) atoms. The molecule has 5 rings (SSSR count). The van der Waals surface area contributed by atoms with E-state index < -0.39 is 75.0 Å². The zero-order chi connectivity index (χ0) is 27.0. The first-order chi connectivity index (χ1) is 17.4. The maximum Gasteiger partial charge on any atom is 0.361 e. The molecule has 0 saturated heterocycles. The van der Waals surface area contributed by atoms with Crippen LogP contribution in [0.4, 0.5) is 13.2 Å². The van der Waals surface area contributed by atoms with Gasteiger partial charge in [0.25, 0.3) is 0 Å². The molecule has 3 fully saturated rings. The molecule has 11 heteroatoms. The highest BCUT2D eigenvalue weighted by Gasteiger charge is 2.78. The number of ether oxygens (including phenoxy) is 1. The Morgan fingerprint density at radius 2 is 2.03 bits per heavy atom. The molecule has 1 aromatic heterocycles. The Hall–Kier alpha value is -2.40. The van der Waals surface area contributed by atoms with Gasteiger partial charge in [0.15, 0.2) is 22.7 Å². The highest BCUT2D eigenvalue weighted by molar-refractivity contribution is 8.13. The third-order valence-electron chi connectivity index (χ3n) is 9.56. The SMILES string of the molecule is C[C@@H]1C[C@H]2[C@@H]3C[C@H](F)C4=CC(=O)C=C[C@]4(C)[C@@]3(F)[C@@H](O)C[C@]2(C)[C@]1(OC(=O)c1ccon1)C(=O)SCF. The summed E-state index contributed by atoms with van der Waals surface area (Å²) in [6, 6.07) is 0.178. The van der Waals surface area contributed by atoms with Gasteiger partial charge < -0.3 is 14.4 Å². The molecule has 0 amide bonds. The zero-order valence-electron chi connectivity index (χ0n) is 20.6. The van der Waals surface area contributed by atoms with E-state index in [9.17, 15) is 23.9 Å². The van der Waals surface area contributed by atoms with E-state index in [4.69, 9.17) is 9.26 Å². The Morgan fingerprint density at radius 1 is 1.30 bits per heavy atom. The fraction of sp³-hybridized carbons (Fsp3) is 0.615. The van der Waals surface area contributed by atoms with E-state index >= 15 is 8.78 Å². The van der Waals surface area contributed by atoms with Crippen molar-refractivity contribution >= 4 is 28.6 Å². The van der Waals surface area contributed by atoms with E-state index in [1.54, 1.807) is 13.8 Å². The molecule has 0 bridgehead atoms. The first-order valence-corrected chi connectivity index (χ1v) is 13.2. The topological polar surface area (TPSA) is 107 Å². The zero-order valence-corrected chi connectivity index (χ0v) is 21.4. The van der Waals surface area contributed by atoms with Crippen LogP contribution in [-0.4, -0.2) is 56.7 Å². The fourth-order valence-corrected chi connectivity index (χ4v) is 8.68. The van der Waals surface area contributed by atoms with Crippen LogP contribution < -0.4 is 0 Å². The van der Waals surface area contributed by atoms with Gasteiger partial charge in [-0.25, -0.2) is 18.0 Å². The molecule has 1 aromatic rings. The second-order valence-electron chi connectivity index (χ2n) is 11.0. The molecule has 0 unspecified atom stereocenters. The Balaban J connectivity index is 1.64. The van der Waals surface area contributed by atoms with Crippen molar-refractivity contribution in [3.63, 3.8) is 0 Å². The summed E-state index contributed by atoms with van der Waals surface area (Å²) in [5.74, 6) is -3.90. The third-order valence-corrected chi connectivity index (χ3v) is 10.2. The van der Waals surface area contributed by atoms with Crippen LogP contribution in [0.3, 0.4) is 0 Å². The normalized spacial score (nSPS) is 44.5. The highest BCUT2D eigenvalue weighted by Crippen LogP contribution is 2.72. The predicted molar refractivity (Wildman–Crippen MR) is 126 cm³/mol. The van der Waals surface area contributed by atoms with Crippen molar-refractivity contribution in [2.75, 3.05) is 6.01 Å². The van der Waals surface area contributed by atoms with Gasteiger partial charge in [0.1, 0.15) is 18.4 Å². The van der Waals surface area contributed by atoms with E-state index in [0.717, 1.165) is 12.3 Å². The Kier molecular flexibility index (Phi) is 6.06. The highest BCUT2D eigenvalue weighted by atomic mass is 32.2. The van der Waals surface area contributed by atoms with Gasteiger partial charge in [-0.15, -0.1) is 0 Å². The number of carbonyl (C=O) groups excluding carboxylic acids is 3. The number of hydrogen-bond donors (Lipinski definition) is 1. The minimum absolute atomic E-state index is 0.0137. The van der Waals surface area contributed by atoms with Crippen molar-refractivity contribution in [3.05, 3.63) is 41.8 Å². The maximum atomic E-state index is 17.4. The summed E-state index contributed by atoms with van der Waals surface area (Å²) in [5.41, 5.74) is -7.45. The number of nitrogens with zero attached hydrogens (tertiary/aromatic N) is 1. The Morgan fingerprint density at radius 3 is 2.68 bits per heavy atom. The van der Waals surface area contributed by atoms with Crippen LogP contribution in [0.2, 0.25) is 0 Å². The number of alkyl halides is 3. The van der Waals surface area contributed by atoms with Gasteiger partial charge in [-0.3, -0.25) is 9.59 Å². The number of esters is 1. The van der Waals surface area contributed by atoms with E-state index in [1.165, 1.54) is 25.1 Å². The average Bonchev–Trinajstić information content (AvgIpc) is 3.45. The molecule has 200 valence electrons. The summed E-state index contributed by atoms with van der Waals surface area (Å²) in [6.07, 6.45) is 0.974. The molecule has 3 saturated carbocycles. The number of carbonyl (C=O) groups is 3. The number of rotatable bonds is 4. The molecule has 1 heterocycles. The number of allylic oxidation sites excluding steroid dienone is 4. The van der Waals surface area contributed by atoms with Gasteiger partial charge in [0.05, 0.1) is 6.10 Å². The van der Waals surface area contributed by atoms with Crippen LogP contribution >= 0.6 is 11.8 Å². The molecule has 7 nitrogen and oxygen atoms in total. The lowest BCUT2D eigenvalue weighted by molar-refractivity contribution is -0.221. The molecule has 4 aliphatic rings. The van der Waals surface area contributed by atoms with Crippen LogP contribution in [0.15, 0.2) is 40.7 Å². The number of halogens is 3. The summed E-state index contributed by atoms with van der Waals surface area (Å²) in [6.45, 7) is 4.76. The second kappa shape index (κ2) is 8.56. The van der Waals surface area contributed by atoms with Gasteiger partial charge in [-0.1, -0.05) is 25.1 Å². The second-order valence-corrected chi connectivity index (χ2v) is 11.9. The largest absolute Gasteiger partial charge is 0.444 e. The standard InChI is InChI=1S/C26H28F3NO6S/c1-13-8-15-16-10-18(28)17-9-14(31)4-6-23(17,2)25(16,29)20(32)11-24(15,3)26(13,22(34)37-12-27)36-21(33)19-5-7-35-30-19/h4-7,9,13,15-16,18,20,32H,8,10-12H2,1-3H3/t13-,15+,16+,18+,20+,23+,24+,25+,26-/m1/s1. The number of hydrogen-bond acceptors (Lipinski definition) is 8. The van der Waals surface area contributed by atoms with Crippen molar-refractivity contribution in [1.29, 1.82) is 0 Å². The summed E-state index contributed by atoms with van der Waals surface area (Å²) >= 11 is 0.339. The molecule has 0 aromatic carbocycles. The summed E-state index contributed by atoms with van der Waals surface area (Å²) in [7, 11) is 0. The van der Waals surface area contributed by atoms with E-state index in [2.05, 4.69) is 5.16 Å². The smallest absolute Gasteiger partial charge is 0.361 e. The number of fused-ring (bicyclic) bond motifs is 5. The lowest BCUT2D eigenvalue weighted by Crippen LogP contribution is -2.70. The van der Waals surface area contributed by atoms with E-state index in [0.29, 0.717) is 11.8 Å². The van der Waals surface area contributed by atoms with E-state index in [-0.39, 0.29) is 30.5 Å². The summed E-state index contributed by atoms with van der Waals surface area (Å²) in [5, 5.41) is 14.3. The van der Waals surface area contributed by atoms with Crippen molar-refractivity contribution in [2.24, 2.45) is 28.6 Å². The number of thioether (sulfide) groups is 1. The molecular weight excluding hydrogens is 511 g/mol. The molecule has 4 aliphatic carbocycles. The minimum Gasteiger partial charge on any atom is -0.444 e. The fourth-order valence-electron chi connectivity index (χ4n) is 7.89. The Bertz CT molecular complexity index is 1200. The molecule has 9 atom stereocenters. The van der Waals surface area contributed by atoms with Crippen LogP contribution in [0, 0.1) is 28.6 Å². The lowest BCUT2D eigenvalue weighted by Gasteiger charge is -2.63. The first kappa shape index (κ1) is 26.2. The van der Waals surface area contributed by atoms with E-state index in [1.807, 2.05) is 0 Å². The van der Waals surface area contributed by atoms with Crippen LogP contribution in [0.25, 0.3) is 0 Å². The maximum absolute atomic E-state index is 17.4. The Labute approximate surface area is 215 Å². The predicted octanol–water partition coefficient (Wildman–Crippen LogP) is 4.32. The van der Waals surface area contributed by atoms with Crippen LogP contribution in [-0.2, 0) is 14.3 Å². The minimum atomic E-state index is -2.36.